The minimum absolute atomic E-state index is 0.188. The van der Waals surface area contributed by atoms with Crippen molar-refractivity contribution in [2.75, 3.05) is 14.1 Å². The Morgan fingerprint density at radius 2 is 2.11 bits per heavy atom. The number of thiol groups is 1. The molecule has 0 heterocycles. The van der Waals surface area contributed by atoms with Crippen molar-refractivity contribution in [3.05, 3.63) is 0 Å². The molecule has 2 atom stereocenters. The lowest BCUT2D eigenvalue weighted by Crippen LogP contribution is -2.46. The molecular weight excluding hydrogens is 134 g/mol. The zero-order valence-corrected chi connectivity index (χ0v) is 7.02. The molecule has 0 rings (SSSR count). The van der Waals surface area contributed by atoms with Crippen molar-refractivity contribution in [2.24, 2.45) is 5.73 Å². The Bertz CT molecular complexity index is 76.6. The van der Waals surface area contributed by atoms with Gasteiger partial charge in [0.1, 0.15) is 5.50 Å². The lowest BCUT2D eigenvalue weighted by Gasteiger charge is -2.26. The van der Waals surface area contributed by atoms with E-state index in [4.69, 9.17) is 5.73 Å². The van der Waals surface area contributed by atoms with E-state index >= 15 is 0 Å². The van der Waals surface area contributed by atoms with E-state index in [-0.39, 0.29) is 11.7 Å². The van der Waals surface area contributed by atoms with Crippen LogP contribution < -0.4 is 11.1 Å². The molecule has 9 heavy (non-hydrogen) atoms. The minimum Gasteiger partial charge on any atom is -0.307 e. The first kappa shape index (κ1) is 9.23. The van der Waals surface area contributed by atoms with Crippen molar-refractivity contribution < 1.29 is 0 Å². The molecule has 0 aromatic carbocycles. The van der Waals surface area contributed by atoms with Gasteiger partial charge in [0.25, 0.3) is 0 Å². The zero-order valence-electron chi connectivity index (χ0n) is 6.13. The highest BCUT2D eigenvalue weighted by molar-refractivity contribution is 7.80. The molecular formula is C5H15N3S. The second-order valence-electron chi connectivity index (χ2n) is 2.04. The van der Waals surface area contributed by atoms with Gasteiger partial charge in [0.15, 0.2) is 0 Å². The first-order valence-corrected chi connectivity index (χ1v) is 3.44. The summed E-state index contributed by atoms with van der Waals surface area (Å²) >= 11 is 4.05. The van der Waals surface area contributed by atoms with Gasteiger partial charge in [0.05, 0.1) is 6.17 Å². The normalized spacial score (nSPS) is 18.0. The van der Waals surface area contributed by atoms with E-state index in [0.717, 1.165) is 0 Å². The van der Waals surface area contributed by atoms with Gasteiger partial charge in [-0.05, 0) is 21.0 Å². The summed E-state index contributed by atoms with van der Waals surface area (Å²) in [5, 5.41) is 3.04. The molecule has 0 aromatic rings. The number of hydrogen-bond acceptors (Lipinski definition) is 4. The van der Waals surface area contributed by atoms with Gasteiger partial charge in [-0.15, -0.1) is 12.6 Å². The average Bonchev–Trinajstić information content (AvgIpc) is 1.84. The van der Waals surface area contributed by atoms with Gasteiger partial charge in [-0.3, -0.25) is 4.90 Å². The Kier molecular flexibility index (Phi) is 4.22. The standard InChI is InChI=1S/C5H15N3S/c1-4(7-2)8(3)5(6)9/h4-5,7,9H,6H2,1-3H3. The first-order valence-electron chi connectivity index (χ1n) is 2.92. The Labute approximate surface area is 62.0 Å². The van der Waals surface area contributed by atoms with Crippen LogP contribution in [0.15, 0.2) is 0 Å². The van der Waals surface area contributed by atoms with Gasteiger partial charge in [-0.25, -0.2) is 0 Å². The Morgan fingerprint density at radius 3 is 2.22 bits per heavy atom. The smallest absolute Gasteiger partial charge is 0.104 e. The quantitative estimate of drug-likeness (QED) is 0.380. The second kappa shape index (κ2) is 4.11. The third kappa shape index (κ3) is 3.05. The van der Waals surface area contributed by atoms with Crippen LogP contribution in [-0.4, -0.2) is 30.7 Å². The Hall–Kier alpha value is 0.230. The number of nitrogens with one attached hydrogen (secondary N) is 1. The predicted molar refractivity (Wildman–Crippen MR) is 43.2 cm³/mol. The molecule has 0 saturated carbocycles. The molecule has 0 aromatic heterocycles. The van der Waals surface area contributed by atoms with E-state index in [0.29, 0.717) is 0 Å². The van der Waals surface area contributed by atoms with Crippen molar-refractivity contribution in [3.8, 4) is 0 Å². The largest absolute Gasteiger partial charge is 0.307 e. The van der Waals surface area contributed by atoms with Crippen molar-refractivity contribution >= 4 is 12.6 Å². The van der Waals surface area contributed by atoms with Crippen LogP contribution in [0.2, 0.25) is 0 Å². The van der Waals surface area contributed by atoms with Crippen molar-refractivity contribution in [2.45, 2.75) is 18.6 Å². The molecule has 0 aliphatic heterocycles. The third-order valence-electron chi connectivity index (χ3n) is 1.45. The summed E-state index contributed by atoms with van der Waals surface area (Å²) in [5.74, 6) is 0. The highest BCUT2D eigenvalue weighted by atomic mass is 32.1. The molecule has 0 saturated heterocycles. The summed E-state index contributed by atoms with van der Waals surface area (Å²) in [6, 6.07) is 0. The number of hydrogen-bond donors (Lipinski definition) is 3. The predicted octanol–water partition coefficient (Wildman–Crippen LogP) is -0.344. The molecule has 0 spiro atoms. The zero-order chi connectivity index (χ0) is 7.44. The van der Waals surface area contributed by atoms with Crippen molar-refractivity contribution in [3.63, 3.8) is 0 Å². The highest BCUT2D eigenvalue weighted by Crippen LogP contribution is 1.96. The second-order valence-corrected chi connectivity index (χ2v) is 2.57. The van der Waals surface area contributed by atoms with Gasteiger partial charge >= 0.3 is 0 Å². The SMILES string of the molecule is CNC(C)N(C)C(N)S. The Morgan fingerprint density at radius 1 is 1.67 bits per heavy atom. The van der Waals surface area contributed by atoms with Crippen molar-refractivity contribution in [1.29, 1.82) is 0 Å². The van der Waals surface area contributed by atoms with Crippen LogP contribution in [0, 0.1) is 0 Å². The monoisotopic (exact) mass is 149 g/mol. The molecule has 4 heteroatoms. The van der Waals surface area contributed by atoms with Crippen molar-refractivity contribution in [1.82, 2.24) is 10.2 Å². The first-order chi connectivity index (χ1) is 4.09. The maximum Gasteiger partial charge on any atom is 0.104 e. The fourth-order valence-electron chi connectivity index (χ4n) is 0.433. The van der Waals surface area contributed by atoms with Crippen LogP contribution in [0.3, 0.4) is 0 Å². The van der Waals surface area contributed by atoms with E-state index in [9.17, 15) is 0 Å². The molecule has 0 aliphatic carbocycles. The highest BCUT2D eigenvalue weighted by Gasteiger charge is 2.09. The number of nitrogens with two attached hydrogens (primary N) is 1. The van der Waals surface area contributed by atoms with Gasteiger partial charge in [-0.1, -0.05) is 0 Å². The van der Waals surface area contributed by atoms with E-state index in [2.05, 4.69) is 17.9 Å². The summed E-state index contributed by atoms with van der Waals surface area (Å²) in [6.07, 6.45) is 0.275. The maximum atomic E-state index is 5.46. The van der Waals surface area contributed by atoms with E-state index < -0.39 is 0 Å². The maximum absolute atomic E-state index is 5.46. The summed E-state index contributed by atoms with van der Waals surface area (Å²) in [6.45, 7) is 2.02. The lowest BCUT2D eigenvalue weighted by molar-refractivity contribution is 0.219. The van der Waals surface area contributed by atoms with Crippen LogP contribution in [0.5, 0.6) is 0 Å². The minimum atomic E-state index is -0.188. The molecule has 3 nitrogen and oxygen atoms in total. The number of nitrogens with zero attached hydrogens (tertiary/aromatic N) is 1. The average molecular weight is 149 g/mol. The number of rotatable bonds is 3. The fraction of sp³-hybridized carbons (Fsp3) is 1.00. The summed E-state index contributed by atoms with van der Waals surface area (Å²) in [5.41, 5.74) is 5.27. The summed E-state index contributed by atoms with van der Waals surface area (Å²) in [4.78, 5) is 1.92. The van der Waals surface area contributed by atoms with Gasteiger partial charge < -0.3 is 11.1 Å². The third-order valence-corrected chi connectivity index (χ3v) is 1.81. The molecule has 3 N–H and O–H groups in total. The van der Waals surface area contributed by atoms with Crippen LogP contribution in [-0.2, 0) is 0 Å². The van der Waals surface area contributed by atoms with Gasteiger partial charge in [-0.2, -0.15) is 0 Å². The summed E-state index contributed by atoms with van der Waals surface area (Å²) < 4.78 is 0. The van der Waals surface area contributed by atoms with Gasteiger partial charge in [0.2, 0.25) is 0 Å². The Balaban J connectivity index is 3.58. The van der Waals surface area contributed by atoms with E-state index in [1.54, 1.807) is 0 Å². The molecule has 56 valence electrons. The molecule has 0 fully saturated rings. The fourth-order valence-corrected chi connectivity index (χ4v) is 0.633. The summed E-state index contributed by atoms with van der Waals surface area (Å²) in [7, 11) is 3.80. The topological polar surface area (TPSA) is 41.3 Å². The molecule has 0 aliphatic rings. The van der Waals surface area contributed by atoms with E-state index in [1.807, 2.05) is 25.9 Å². The molecule has 0 bridgehead atoms. The van der Waals surface area contributed by atoms with Gasteiger partial charge in [0, 0.05) is 0 Å². The van der Waals surface area contributed by atoms with Crippen LogP contribution in [0.1, 0.15) is 6.92 Å². The molecule has 2 unspecified atom stereocenters. The molecule has 0 radical (unpaired) electrons. The molecule has 0 amide bonds. The van der Waals surface area contributed by atoms with Crippen LogP contribution in [0.25, 0.3) is 0 Å². The van der Waals surface area contributed by atoms with Crippen LogP contribution in [0.4, 0.5) is 0 Å². The van der Waals surface area contributed by atoms with Crippen LogP contribution >= 0.6 is 12.6 Å². The van der Waals surface area contributed by atoms with E-state index in [1.165, 1.54) is 0 Å². The lowest BCUT2D eigenvalue weighted by atomic mass is 10.5.